The highest BCUT2D eigenvalue weighted by atomic mass is 32.1. The van der Waals surface area contributed by atoms with E-state index in [2.05, 4.69) is 15.0 Å². The molecule has 0 radical (unpaired) electrons. The third-order valence-corrected chi connectivity index (χ3v) is 3.45. The molecule has 0 fully saturated rings. The molecule has 0 unspecified atom stereocenters. The fourth-order valence-corrected chi connectivity index (χ4v) is 2.35. The van der Waals surface area contributed by atoms with Crippen molar-refractivity contribution in [2.75, 3.05) is 12.4 Å². The Hall–Kier alpha value is -2.09. The molecule has 0 saturated heterocycles. The minimum absolute atomic E-state index is 0.0379. The molecule has 1 aromatic heterocycles. The van der Waals surface area contributed by atoms with Gasteiger partial charge in [-0.15, -0.1) is 11.3 Å². The number of hydrogen-bond donors (Lipinski definition) is 1. The van der Waals surface area contributed by atoms with Crippen molar-refractivity contribution in [2.45, 2.75) is 12.7 Å². The Labute approximate surface area is 122 Å². The molecule has 0 saturated carbocycles. The molecule has 8 heteroatoms. The summed E-state index contributed by atoms with van der Waals surface area (Å²) < 4.78 is 43.0. The molecule has 21 heavy (non-hydrogen) atoms. The van der Waals surface area contributed by atoms with Gasteiger partial charge in [0, 0.05) is 11.9 Å². The van der Waals surface area contributed by atoms with Crippen molar-refractivity contribution in [3.05, 3.63) is 46.5 Å². The van der Waals surface area contributed by atoms with E-state index in [9.17, 15) is 18.0 Å². The summed E-state index contributed by atoms with van der Waals surface area (Å²) in [6.07, 6.45) is -4.40. The number of methoxy groups -OCH3 is 1. The van der Waals surface area contributed by atoms with E-state index in [1.807, 2.05) is 0 Å². The first kappa shape index (κ1) is 15.3. The van der Waals surface area contributed by atoms with Crippen LogP contribution in [0.5, 0.6) is 0 Å². The van der Waals surface area contributed by atoms with Gasteiger partial charge in [-0.25, -0.2) is 9.78 Å². The molecule has 1 aromatic carbocycles. The number of alkyl halides is 3. The maximum Gasteiger partial charge on any atom is 0.416 e. The van der Waals surface area contributed by atoms with Crippen LogP contribution in [0.1, 0.15) is 21.6 Å². The molecule has 0 bridgehead atoms. The van der Waals surface area contributed by atoms with Crippen LogP contribution in [-0.2, 0) is 17.5 Å². The number of anilines is 1. The van der Waals surface area contributed by atoms with Gasteiger partial charge in [0.15, 0.2) is 10.8 Å². The Morgan fingerprint density at radius 1 is 1.38 bits per heavy atom. The van der Waals surface area contributed by atoms with Crippen molar-refractivity contribution in [2.24, 2.45) is 0 Å². The van der Waals surface area contributed by atoms with Crippen molar-refractivity contribution in [3.63, 3.8) is 0 Å². The summed E-state index contributed by atoms with van der Waals surface area (Å²) >= 11 is 1.12. The zero-order valence-corrected chi connectivity index (χ0v) is 11.7. The zero-order chi connectivity index (χ0) is 15.5. The summed E-state index contributed by atoms with van der Waals surface area (Å²) in [7, 11) is 1.23. The molecule has 2 aromatic rings. The van der Waals surface area contributed by atoms with Crippen LogP contribution in [0, 0.1) is 0 Å². The molecular weight excluding hydrogens is 305 g/mol. The van der Waals surface area contributed by atoms with Crippen molar-refractivity contribution >= 4 is 22.4 Å². The molecule has 1 N–H and O–H groups in total. The van der Waals surface area contributed by atoms with Gasteiger partial charge in [-0.3, -0.25) is 0 Å². The Morgan fingerprint density at radius 3 is 2.76 bits per heavy atom. The van der Waals surface area contributed by atoms with Crippen molar-refractivity contribution in [3.8, 4) is 0 Å². The van der Waals surface area contributed by atoms with E-state index in [1.54, 1.807) is 0 Å². The Balaban J connectivity index is 2.10. The van der Waals surface area contributed by atoms with Crippen LogP contribution in [-0.4, -0.2) is 18.1 Å². The number of benzene rings is 1. The van der Waals surface area contributed by atoms with Crippen molar-refractivity contribution in [1.82, 2.24) is 4.98 Å². The highest BCUT2D eigenvalue weighted by Crippen LogP contribution is 2.32. The van der Waals surface area contributed by atoms with Crippen LogP contribution in [0.2, 0.25) is 0 Å². The summed E-state index contributed by atoms with van der Waals surface area (Å²) in [6, 6.07) is 5.29. The van der Waals surface area contributed by atoms with Crippen LogP contribution in [0.3, 0.4) is 0 Å². The molecule has 0 aliphatic rings. The molecule has 0 amide bonds. The number of thiazole rings is 1. The Morgan fingerprint density at radius 2 is 2.10 bits per heavy atom. The molecule has 4 nitrogen and oxygen atoms in total. The maximum absolute atomic E-state index is 12.8. The first-order chi connectivity index (χ1) is 9.91. The van der Waals surface area contributed by atoms with E-state index >= 15 is 0 Å². The van der Waals surface area contributed by atoms with Crippen LogP contribution in [0.4, 0.5) is 18.3 Å². The average molecular weight is 316 g/mol. The fraction of sp³-hybridized carbons (Fsp3) is 0.231. The predicted octanol–water partition coefficient (Wildman–Crippen LogP) is 3.56. The second kappa shape index (κ2) is 6.13. The number of halogens is 3. The molecule has 2 rings (SSSR count). The Kier molecular flexibility index (Phi) is 4.46. The summed E-state index contributed by atoms with van der Waals surface area (Å²) in [5, 5.41) is 4.60. The van der Waals surface area contributed by atoms with Crippen molar-refractivity contribution < 1.29 is 22.7 Å². The van der Waals surface area contributed by atoms with E-state index < -0.39 is 17.7 Å². The molecule has 112 valence electrons. The number of esters is 1. The van der Waals surface area contributed by atoms with Gasteiger partial charge in [-0.1, -0.05) is 18.2 Å². The fourth-order valence-electron chi connectivity index (χ4n) is 1.68. The van der Waals surface area contributed by atoms with Gasteiger partial charge in [0.05, 0.1) is 12.7 Å². The lowest BCUT2D eigenvalue weighted by molar-refractivity contribution is -0.138. The van der Waals surface area contributed by atoms with E-state index in [0.717, 1.165) is 17.4 Å². The van der Waals surface area contributed by atoms with Gasteiger partial charge in [-0.05, 0) is 11.6 Å². The number of carbonyl (C=O) groups excluding carboxylic acids is 1. The highest BCUT2D eigenvalue weighted by Gasteiger charge is 2.32. The Bertz CT molecular complexity index is 640. The van der Waals surface area contributed by atoms with E-state index in [4.69, 9.17) is 0 Å². The number of rotatable bonds is 4. The molecule has 0 aliphatic heterocycles. The standard InChI is InChI=1S/C13H11F3N2O2S/c1-20-11(19)10-7-21-12(18-10)17-6-8-4-2-3-5-9(8)13(14,15)16/h2-5,7H,6H2,1H3,(H,17,18). The van der Waals surface area contributed by atoms with Gasteiger partial charge in [-0.2, -0.15) is 13.2 Å². The van der Waals surface area contributed by atoms with E-state index in [0.29, 0.717) is 5.13 Å². The summed E-state index contributed by atoms with van der Waals surface area (Å²) in [4.78, 5) is 15.2. The van der Waals surface area contributed by atoms with Gasteiger partial charge < -0.3 is 10.1 Å². The SMILES string of the molecule is COC(=O)c1csc(NCc2ccccc2C(F)(F)F)n1. The predicted molar refractivity (Wildman–Crippen MR) is 72.2 cm³/mol. The van der Waals surface area contributed by atoms with E-state index in [1.165, 1.54) is 30.7 Å². The quantitative estimate of drug-likeness (QED) is 0.876. The van der Waals surface area contributed by atoms with Crippen LogP contribution >= 0.6 is 11.3 Å². The second-order valence-corrected chi connectivity index (χ2v) is 4.90. The number of nitrogens with one attached hydrogen (secondary N) is 1. The van der Waals surface area contributed by atoms with Crippen LogP contribution in [0.25, 0.3) is 0 Å². The lowest BCUT2D eigenvalue weighted by Gasteiger charge is -2.12. The molecule has 0 spiro atoms. The third-order valence-electron chi connectivity index (χ3n) is 2.65. The molecule has 0 atom stereocenters. The minimum Gasteiger partial charge on any atom is -0.464 e. The first-order valence-electron chi connectivity index (χ1n) is 5.84. The van der Waals surface area contributed by atoms with Gasteiger partial charge in [0.25, 0.3) is 0 Å². The molecule has 1 heterocycles. The first-order valence-corrected chi connectivity index (χ1v) is 6.72. The number of aromatic nitrogens is 1. The lowest BCUT2D eigenvalue weighted by atomic mass is 10.1. The summed E-state index contributed by atoms with van der Waals surface area (Å²) in [5.41, 5.74) is -0.462. The summed E-state index contributed by atoms with van der Waals surface area (Å²) in [6.45, 7) is -0.0379. The second-order valence-electron chi connectivity index (χ2n) is 4.04. The monoisotopic (exact) mass is 316 g/mol. The van der Waals surface area contributed by atoms with Crippen molar-refractivity contribution in [1.29, 1.82) is 0 Å². The summed E-state index contributed by atoms with van der Waals surface area (Å²) in [5.74, 6) is -0.588. The topological polar surface area (TPSA) is 51.2 Å². The normalized spacial score (nSPS) is 11.2. The largest absolute Gasteiger partial charge is 0.464 e. The number of ether oxygens (including phenoxy) is 1. The minimum atomic E-state index is -4.40. The zero-order valence-electron chi connectivity index (χ0n) is 10.9. The molecular formula is C13H11F3N2O2S. The third kappa shape index (κ3) is 3.72. The molecule has 0 aliphatic carbocycles. The van der Waals surface area contributed by atoms with Gasteiger partial charge in [0.1, 0.15) is 0 Å². The maximum atomic E-state index is 12.8. The lowest BCUT2D eigenvalue weighted by Crippen LogP contribution is -2.11. The van der Waals surface area contributed by atoms with Crippen LogP contribution in [0.15, 0.2) is 29.6 Å². The van der Waals surface area contributed by atoms with Gasteiger partial charge >= 0.3 is 12.1 Å². The smallest absolute Gasteiger partial charge is 0.416 e. The number of hydrogen-bond acceptors (Lipinski definition) is 5. The van der Waals surface area contributed by atoms with Crippen LogP contribution < -0.4 is 5.32 Å². The number of carbonyl (C=O) groups is 1. The van der Waals surface area contributed by atoms with E-state index in [-0.39, 0.29) is 17.8 Å². The number of nitrogens with zero attached hydrogens (tertiary/aromatic N) is 1. The highest BCUT2D eigenvalue weighted by molar-refractivity contribution is 7.13. The average Bonchev–Trinajstić information content (AvgIpc) is 2.92. The van der Waals surface area contributed by atoms with Gasteiger partial charge in [0.2, 0.25) is 0 Å².